The zero-order valence-corrected chi connectivity index (χ0v) is 14.7. The highest BCUT2D eigenvalue weighted by atomic mass is 16.5. The predicted molar refractivity (Wildman–Crippen MR) is 92.0 cm³/mol. The third-order valence-corrected chi connectivity index (χ3v) is 6.15. The molecule has 0 amide bonds. The van der Waals surface area contributed by atoms with Crippen LogP contribution in [0.1, 0.15) is 36.2 Å². The molecule has 1 aromatic carbocycles. The first-order chi connectivity index (χ1) is 12.1. The third-order valence-electron chi connectivity index (χ3n) is 6.15. The number of hydrogen-bond acceptors (Lipinski definition) is 6. The minimum atomic E-state index is -0.0933. The maximum absolute atomic E-state index is 6.26. The van der Waals surface area contributed by atoms with E-state index >= 15 is 0 Å². The van der Waals surface area contributed by atoms with Gasteiger partial charge in [-0.25, -0.2) is 0 Å². The topological polar surface area (TPSA) is 76.2 Å². The zero-order valence-electron chi connectivity index (χ0n) is 14.7. The number of nitrogens with zero attached hydrogens (tertiary/aromatic N) is 4. The van der Waals surface area contributed by atoms with E-state index < -0.39 is 0 Å². The first-order valence-electron chi connectivity index (χ1n) is 8.94. The summed E-state index contributed by atoms with van der Waals surface area (Å²) in [7, 11) is 1.76. The van der Waals surface area contributed by atoms with Crippen molar-refractivity contribution in [2.75, 3.05) is 31.7 Å². The van der Waals surface area contributed by atoms with Gasteiger partial charge < -0.3 is 14.4 Å². The Balaban J connectivity index is 1.42. The number of hydrogen-bond donors (Lipinski definition) is 1. The molecule has 25 heavy (non-hydrogen) atoms. The minimum absolute atomic E-state index is 0.0394. The number of H-pyrrole nitrogens is 1. The van der Waals surface area contributed by atoms with Crippen molar-refractivity contribution in [1.29, 1.82) is 0 Å². The lowest BCUT2D eigenvalue weighted by atomic mass is 9.61. The summed E-state index contributed by atoms with van der Waals surface area (Å²) in [6, 6.07) is 4.25. The Kier molecular flexibility index (Phi) is 3.13. The van der Waals surface area contributed by atoms with Crippen LogP contribution >= 0.6 is 0 Å². The number of fused-ring (bicyclic) bond motifs is 2. The smallest absolute Gasteiger partial charge is 0.183 e. The van der Waals surface area contributed by atoms with E-state index in [1.165, 1.54) is 23.2 Å². The van der Waals surface area contributed by atoms with Crippen molar-refractivity contribution in [3.8, 4) is 5.75 Å². The summed E-state index contributed by atoms with van der Waals surface area (Å²) < 4.78 is 11.9. The van der Waals surface area contributed by atoms with Gasteiger partial charge in [0, 0.05) is 13.1 Å². The highest BCUT2D eigenvalue weighted by molar-refractivity contribution is 5.67. The maximum atomic E-state index is 6.26. The molecule has 0 unspecified atom stereocenters. The normalized spacial score (nSPS) is 30.1. The van der Waals surface area contributed by atoms with Gasteiger partial charge in [0.2, 0.25) is 0 Å². The second kappa shape index (κ2) is 5.17. The van der Waals surface area contributed by atoms with Gasteiger partial charge in [-0.3, -0.25) is 0 Å². The van der Waals surface area contributed by atoms with Gasteiger partial charge in [0.1, 0.15) is 5.75 Å². The van der Waals surface area contributed by atoms with Crippen LogP contribution in [0.15, 0.2) is 12.1 Å². The molecule has 4 aliphatic rings. The third kappa shape index (κ3) is 2.11. The number of ether oxygens (including phenoxy) is 2. The number of methoxy groups -OCH3 is 1. The summed E-state index contributed by atoms with van der Waals surface area (Å²) >= 11 is 0. The summed E-state index contributed by atoms with van der Waals surface area (Å²) in [5, 5.41) is 14.7. The Bertz CT molecular complexity index is 798. The molecule has 132 valence electrons. The van der Waals surface area contributed by atoms with Crippen LogP contribution in [0, 0.1) is 6.92 Å². The van der Waals surface area contributed by atoms with Crippen LogP contribution in [-0.4, -0.2) is 53.0 Å². The standard InChI is InChI=1S/C18H23N5O2/c1-12-5-6-14(24-2)15-13(12)4-3-7-23(15)10-18-8-17(9-18,11-25-18)16-19-21-22-20-16/h5-6H,3-4,7-11H2,1-2H3,(H,19,20,21,22). The van der Waals surface area contributed by atoms with Crippen LogP contribution in [0.25, 0.3) is 0 Å². The van der Waals surface area contributed by atoms with E-state index in [0.717, 1.165) is 43.9 Å². The Hall–Kier alpha value is -2.15. The summed E-state index contributed by atoms with van der Waals surface area (Å²) in [5.41, 5.74) is 3.89. The first-order valence-corrected chi connectivity index (χ1v) is 8.94. The molecule has 0 radical (unpaired) electrons. The lowest BCUT2D eigenvalue weighted by molar-refractivity contribution is 0.00322. The highest BCUT2D eigenvalue weighted by Crippen LogP contribution is 2.58. The molecule has 2 saturated heterocycles. The molecule has 1 aliphatic carbocycles. The van der Waals surface area contributed by atoms with Gasteiger partial charge >= 0.3 is 0 Å². The Morgan fingerprint density at radius 2 is 2.24 bits per heavy atom. The van der Waals surface area contributed by atoms with Gasteiger partial charge in [-0.05, 0) is 49.8 Å². The molecule has 0 spiro atoms. The van der Waals surface area contributed by atoms with E-state index in [-0.39, 0.29) is 11.0 Å². The van der Waals surface area contributed by atoms with Crippen molar-refractivity contribution in [3.05, 3.63) is 29.1 Å². The van der Waals surface area contributed by atoms with Gasteiger partial charge in [0.25, 0.3) is 0 Å². The zero-order chi connectivity index (χ0) is 17.1. The van der Waals surface area contributed by atoms with E-state index in [2.05, 4.69) is 44.6 Å². The van der Waals surface area contributed by atoms with Crippen molar-refractivity contribution in [1.82, 2.24) is 20.6 Å². The second-order valence-electron chi connectivity index (χ2n) is 7.78. The molecule has 7 heteroatoms. The molecule has 1 aromatic heterocycles. The first kappa shape index (κ1) is 15.1. The summed E-state index contributed by atoms with van der Waals surface area (Å²) in [6.07, 6.45) is 4.24. The molecule has 7 nitrogen and oxygen atoms in total. The number of anilines is 1. The fraction of sp³-hybridized carbons (Fsp3) is 0.611. The Labute approximate surface area is 146 Å². The number of tetrazole rings is 1. The molecule has 6 rings (SSSR count). The summed E-state index contributed by atoms with van der Waals surface area (Å²) in [6.45, 7) is 4.83. The molecular weight excluding hydrogens is 318 g/mol. The van der Waals surface area contributed by atoms with Gasteiger partial charge in [0.15, 0.2) is 5.82 Å². The van der Waals surface area contributed by atoms with Crippen molar-refractivity contribution < 1.29 is 9.47 Å². The van der Waals surface area contributed by atoms with E-state index in [0.29, 0.717) is 6.61 Å². The molecule has 1 N–H and O–H groups in total. The predicted octanol–water partition coefficient (Wildman–Crippen LogP) is 1.77. The van der Waals surface area contributed by atoms with E-state index in [1.807, 2.05) is 0 Å². The number of benzene rings is 1. The average Bonchev–Trinajstić information content (AvgIpc) is 3.30. The number of aromatic amines is 1. The van der Waals surface area contributed by atoms with Crippen LogP contribution < -0.4 is 9.64 Å². The molecule has 4 heterocycles. The minimum Gasteiger partial charge on any atom is -0.495 e. The lowest BCUT2D eigenvalue weighted by Crippen LogP contribution is -2.54. The van der Waals surface area contributed by atoms with E-state index in [4.69, 9.17) is 9.47 Å². The van der Waals surface area contributed by atoms with Gasteiger partial charge in [-0.1, -0.05) is 11.3 Å². The average molecular weight is 341 g/mol. The molecule has 1 saturated carbocycles. The monoisotopic (exact) mass is 341 g/mol. The van der Waals surface area contributed by atoms with Crippen LogP contribution in [0.4, 0.5) is 5.69 Å². The van der Waals surface area contributed by atoms with Crippen molar-refractivity contribution in [2.45, 2.75) is 43.6 Å². The quantitative estimate of drug-likeness (QED) is 0.913. The molecule has 2 aromatic rings. The maximum Gasteiger partial charge on any atom is 0.183 e. The molecule has 2 bridgehead atoms. The van der Waals surface area contributed by atoms with Crippen molar-refractivity contribution >= 4 is 5.69 Å². The lowest BCUT2D eigenvalue weighted by Gasteiger charge is -2.46. The fourth-order valence-corrected chi connectivity index (χ4v) is 5.05. The van der Waals surface area contributed by atoms with E-state index in [1.54, 1.807) is 7.11 Å². The summed E-state index contributed by atoms with van der Waals surface area (Å²) in [5.74, 6) is 1.77. The Morgan fingerprint density at radius 3 is 3.00 bits per heavy atom. The molecule has 0 atom stereocenters. The largest absolute Gasteiger partial charge is 0.495 e. The number of aryl methyl sites for hydroxylation is 1. The van der Waals surface area contributed by atoms with Crippen molar-refractivity contribution in [2.24, 2.45) is 0 Å². The highest BCUT2D eigenvalue weighted by Gasteiger charge is 2.65. The number of nitrogens with one attached hydrogen (secondary N) is 1. The molecule has 3 fully saturated rings. The van der Waals surface area contributed by atoms with E-state index in [9.17, 15) is 0 Å². The molecular formula is C18H23N5O2. The van der Waals surface area contributed by atoms with Gasteiger partial charge in [0.05, 0.1) is 30.4 Å². The fourth-order valence-electron chi connectivity index (χ4n) is 5.05. The van der Waals surface area contributed by atoms with Gasteiger partial charge in [-0.2, -0.15) is 5.21 Å². The van der Waals surface area contributed by atoms with Crippen LogP contribution in [0.3, 0.4) is 0 Å². The van der Waals surface area contributed by atoms with Gasteiger partial charge in [-0.15, -0.1) is 10.2 Å². The second-order valence-corrected chi connectivity index (χ2v) is 7.78. The van der Waals surface area contributed by atoms with Crippen LogP contribution in [-0.2, 0) is 16.6 Å². The summed E-state index contributed by atoms with van der Waals surface area (Å²) in [4.78, 5) is 2.47. The SMILES string of the molecule is COc1ccc(C)c2c1N(CC13CC(c4nn[nH]n4)(CO1)C3)CCC2. The van der Waals surface area contributed by atoms with Crippen LogP contribution in [0.2, 0.25) is 0 Å². The Morgan fingerprint density at radius 1 is 1.36 bits per heavy atom. The molecule has 3 aliphatic heterocycles. The number of aromatic nitrogens is 4. The van der Waals surface area contributed by atoms with Crippen LogP contribution in [0.5, 0.6) is 5.75 Å². The van der Waals surface area contributed by atoms with Crippen molar-refractivity contribution in [3.63, 3.8) is 0 Å². The number of rotatable bonds is 4.